The van der Waals surface area contributed by atoms with Gasteiger partial charge in [-0.25, -0.2) is 4.68 Å². The summed E-state index contributed by atoms with van der Waals surface area (Å²) in [6.07, 6.45) is 1.57. The van der Waals surface area contributed by atoms with Crippen molar-refractivity contribution in [1.82, 2.24) is 30.4 Å². The van der Waals surface area contributed by atoms with Crippen molar-refractivity contribution < 1.29 is 0 Å². The van der Waals surface area contributed by atoms with Gasteiger partial charge in [-0.05, 0) is 47.2 Å². The first-order valence-corrected chi connectivity index (χ1v) is 9.21. The van der Waals surface area contributed by atoms with Gasteiger partial charge in [-0.3, -0.25) is 0 Å². The van der Waals surface area contributed by atoms with E-state index in [2.05, 4.69) is 62.2 Å². The van der Waals surface area contributed by atoms with Gasteiger partial charge in [0.05, 0.1) is 5.69 Å². The molecule has 0 atom stereocenters. The summed E-state index contributed by atoms with van der Waals surface area (Å²) in [7, 11) is 0. The molecule has 0 aliphatic rings. The van der Waals surface area contributed by atoms with Crippen molar-refractivity contribution in [2.24, 2.45) is 0 Å². The molecule has 29 heavy (non-hydrogen) atoms. The van der Waals surface area contributed by atoms with Crippen molar-refractivity contribution >= 4 is 22.3 Å². The van der Waals surface area contributed by atoms with Gasteiger partial charge < -0.3 is 5.32 Å². The molecule has 0 saturated carbocycles. The van der Waals surface area contributed by atoms with Crippen LogP contribution in [0.4, 0.5) is 11.5 Å². The van der Waals surface area contributed by atoms with Crippen molar-refractivity contribution in [1.29, 1.82) is 0 Å². The second-order valence-electron chi connectivity index (χ2n) is 6.74. The summed E-state index contributed by atoms with van der Waals surface area (Å²) >= 11 is 0. The number of fused-ring (bicyclic) bond motifs is 1. The molecule has 0 saturated heterocycles. The number of nitrogens with zero attached hydrogens (tertiary/aromatic N) is 6. The van der Waals surface area contributed by atoms with E-state index < -0.39 is 0 Å². The standard InChI is InChI=1S/C22H17N7/c1-15-5-4-6-17(13-15)24-22-20-8-3-2-7-19(20)21(25-26-22)16-9-11-18(12-10-16)29-14-23-27-28-29/h2-14H,1H3,(H,24,26). The van der Waals surface area contributed by atoms with Crippen molar-refractivity contribution in [3.05, 3.63) is 84.7 Å². The van der Waals surface area contributed by atoms with Crippen LogP contribution in [0.25, 0.3) is 27.7 Å². The highest BCUT2D eigenvalue weighted by molar-refractivity contribution is 6.00. The van der Waals surface area contributed by atoms with Gasteiger partial charge in [0, 0.05) is 22.0 Å². The zero-order chi connectivity index (χ0) is 19.6. The first-order valence-electron chi connectivity index (χ1n) is 9.21. The maximum absolute atomic E-state index is 4.53. The van der Waals surface area contributed by atoms with Gasteiger partial charge in [-0.15, -0.1) is 15.3 Å². The van der Waals surface area contributed by atoms with Gasteiger partial charge in [0.25, 0.3) is 0 Å². The van der Waals surface area contributed by atoms with Crippen LogP contribution in [0.5, 0.6) is 0 Å². The number of aryl methyl sites for hydroxylation is 1. The number of benzene rings is 3. The lowest BCUT2D eigenvalue weighted by atomic mass is 10.0. The van der Waals surface area contributed by atoms with Crippen LogP contribution < -0.4 is 5.32 Å². The predicted octanol–water partition coefficient (Wildman–Crippen LogP) is 4.32. The number of tetrazole rings is 1. The molecule has 0 radical (unpaired) electrons. The summed E-state index contributed by atoms with van der Waals surface area (Å²) in [4.78, 5) is 0. The molecule has 0 fully saturated rings. The number of hydrogen-bond donors (Lipinski definition) is 1. The van der Waals surface area contributed by atoms with E-state index in [4.69, 9.17) is 0 Å². The molecule has 0 aliphatic heterocycles. The van der Waals surface area contributed by atoms with Gasteiger partial charge in [0.1, 0.15) is 12.0 Å². The average Bonchev–Trinajstić information content (AvgIpc) is 3.29. The van der Waals surface area contributed by atoms with Crippen LogP contribution in [-0.4, -0.2) is 30.4 Å². The SMILES string of the molecule is Cc1cccc(Nc2nnc(-c3ccc(-n4cnnn4)cc3)c3ccccc23)c1. The Morgan fingerprint density at radius 2 is 1.66 bits per heavy atom. The van der Waals surface area contributed by atoms with E-state index in [1.165, 1.54) is 5.56 Å². The van der Waals surface area contributed by atoms with Crippen LogP contribution >= 0.6 is 0 Å². The molecule has 140 valence electrons. The Kier molecular flexibility index (Phi) is 4.18. The van der Waals surface area contributed by atoms with Gasteiger partial charge in [-0.1, -0.05) is 48.5 Å². The number of nitrogens with one attached hydrogen (secondary N) is 1. The van der Waals surface area contributed by atoms with E-state index in [-0.39, 0.29) is 0 Å². The van der Waals surface area contributed by atoms with E-state index in [1.54, 1.807) is 11.0 Å². The minimum atomic E-state index is 0.736. The summed E-state index contributed by atoms with van der Waals surface area (Å²) in [6.45, 7) is 2.07. The van der Waals surface area contributed by atoms with E-state index in [9.17, 15) is 0 Å². The molecule has 0 bridgehead atoms. The lowest BCUT2D eigenvalue weighted by molar-refractivity contribution is 0.789. The molecule has 2 heterocycles. The number of rotatable bonds is 4. The van der Waals surface area contributed by atoms with Crippen molar-refractivity contribution in [2.45, 2.75) is 6.92 Å². The Morgan fingerprint density at radius 1 is 0.828 bits per heavy atom. The Balaban J connectivity index is 1.56. The lowest BCUT2D eigenvalue weighted by Gasteiger charge is -2.12. The highest BCUT2D eigenvalue weighted by atomic mass is 15.5. The third-order valence-electron chi connectivity index (χ3n) is 4.72. The number of anilines is 2. The smallest absolute Gasteiger partial charge is 0.161 e. The topological polar surface area (TPSA) is 81.4 Å². The van der Waals surface area contributed by atoms with E-state index in [1.807, 2.05) is 48.5 Å². The van der Waals surface area contributed by atoms with Gasteiger partial charge in [0.2, 0.25) is 0 Å². The lowest BCUT2D eigenvalue weighted by Crippen LogP contribution is -2.00. The summed E-state index contributed by atoms with van der Waals surface area (Å²) in [5.74, 6) is 0.736. The molecule has 0 unspecified atom stereocenters. The normalized spacial score (nSPS) is 10.9. The number of hydrogen-bond acceptors (Lipinski definition) is 6. The third kappa shape index (κ3) is 3.29. The predicted molar refractivity (Wildman–Crippen MR) is 112 cm³/mol. The zero-order valence-electron chi connectivity index (χ0n) is 15.7. The molecular weight excluding hydrogens is 362 g/mol. The largest absolute Gasteiger partial charge is 0.338 e. The van der Waals surface area contributed by atoms with Gasteiger partial charge >= 0.3 is 0 Å². The fraction of sp³-hybridized carbons (Fsp3) is 0.0455. The van der Waals surface area contributed by atoms with Crippen LogP contribution in [0.2, 0.25) is 0 Å². The fourth-order valence-electron chi connectivity index (χ4n) is 3.32. The molecule has 7 heteroatoms. The molecule has 3 aromatic carbocycles. The van der Waals surface area contributed by atoms with E-state index in [0.29, 0.717) is 0 Å². The van der Waals surface area contributed by atoms with Crippen molar-refractivity contribution in [2.75, 3.05) is 5.32 Å². The second kappa shape index (κ2) is 7.12. The maximum Gasteiger partial charge on any atom is 0.161 e. The van der Waals surface area contributed by atoms with Gasteiger partial charge in [0.15, 0.2) is 5.82 Å². The molecule has 1 N–H and O–H groups in total. The number of aromatic nitrogens is 6. The average molecular weight is 379 g/mol. The summed E-state index contributed by atoms with van der Waals surface area (Å²) < 4.78 is 1.61. The zero-order valence-corrected chi connectivity index (χ0v) is 15.7. The first-order chi connectivity index (χ1) is 14.3. The molecule has 2 aromatic heterocycles. The van der Waals surface area contributed by atoms with Crippen molar-refractivity contribution in [3.63, 3.8) is 0 Å². The second-order valence-corrected chi connectivity index (χ2v) is 6.74. The highest BCUT2D eigenvalue weighted by Gasteiger charge is 2.11. The summed E-state index contributed by atoms with van der Waals surface area (Å²) in [6, 6.07) is 24.3. The molecular formula is C22H17N7. The quantitative estimate of drug-likeness (QED) is 0.501. The van der Waals surface area contributed by atoms with Gasteiger partial charge in [-0.2, -0.15) is 0 Å². The Labute approximate surface area is 167 Å². The van der Waals surface area contributed by atoms with Crippen LogP contribution in [0.1, 0.15) is 5.56 Å². The Hall–Kier alpha value is -4.13. The third-order valence-corrected chi connectivity index (χ3v) is 4.72. The van der Waals surface area contributed by atoms with Crippen LogP contribution in [0.15, 0.2) is 79.1 Å². The Bertz CT molecular complexity index is 1280. The molecule has 0 spiro atoms. The molecule has 5 rings (SSSR count). The fourth-order valence-corrected chi connectivity index (χ4v) is 3.32. The van der Waals surface area contributed by atoms with Crippen LogP contribution in [0, 0.1) is 6.92 Å². The Morgan fingerprint density at radius 3 is 2.41 bits per heavy atom. The maximum atomic E-state index is 4.53. The van der Waals surface area contributed by atoms with Crippen LogP contribution in [0.3, 0.4) is 0 Å². The molecule has 7 nitrogen and oxygen atoms in total. The van der Waals surface area contributed by atoms with E-state index >= 15 is 0 Å². The molecule has 0 aliphatic carbocycles. The monoisotopic (exact) mass is 379 g/mol. The van der Waals surface area contributed by atoms with Crippen LogP contribution in [-0.2, 0) is 0 Å². The highest BCUT2D eigenvalue weighted by Crippen LogP contribution is 2.31. The molecule has 0 amide bonds. The summed E-state index contributed by atoms with van der Waals surface area (Å²) in [5, 5.41) is 25.7. The summed E-state index contributed by atoms with van der Waals surface area (Å²) in [5.41, 5.74) is 4.87. The first kappa shape index (κ1) is 17.0. The minimum Gasteiger partial charge on any atom is -0.338 e. The van der Waals surface area contributed by atoms with Crippen molar-refractivity contribution in [3.8, 4) is 16.9 Å². The van der Waals surface area contributed by atoms with E-state index in [0.717, 1.165) is 39.2 Å². The minimum absolute atomic E-state index is 0.736. The molecule has 5 aromatic rings.